The van der Waals surface area contributed by atoms with E-state index in [0.717, 1.165) is 6.07 Å². The number of hydrogen-bond donors (Lipinski definition) is 0. The fourth-order valence-electron chi connectivity index (χ4n) is 1.03. The number of hydrogen-bond acceptors (Lipinski definition) is 1. The summed E-state index contributed by atoms with van der Waals surface area (Å²) < 4.78 is 30.5. The molecule has 1 aromatic heterocycles. The summed E-state index contributed by atoms with van der Waals surface area (Å²) in [5.74, 6) is -1.47. The highest BCUT2D eigenvalue weighted by Gasteiger charge is 2.12. The molecule has 0 aliphatic heterocycles. The van der Waals surface area contributed by atoms with Crippen LogP contribution in [-0.4, -0.2) is 0 Å². The Morgan fingerprint density at radius 3 is 2.75 bits per heavy atom. The van der Waals surface area contributed by atoms with Gasteiger partial charge in [0.25, 0.3) is 0 Å². The second-order valence-corrected chi connectivity index (χ2v) is 2.70. The maximum absolute atomic E-state index is 12.9. The van der Waals surface area contributed by atoms with Gasteiger partial charge in [0, 0.05) is 6.07 Å². The fourth-order valence-corrected chi connectivity index (χ4v) is 1.23. The third-order valence-corrected chi connectivity index (χ3v) is 1.94. The summed E-state index contributed by atoms with van der Waals surface area (Å²) in [5, 5.41) is 0.0119. The second kappa shape index (κ2) is 2.45. The van der Waals surface area contributed by atoms with E-state index in [1.54, 1.807) is 0 Å². The van der Waals surface area contributed by atoms with Gasteiger partial charge in [0.2, 0.25) is 0 Å². The monoisotopic (exact) mass is 188 g/mol. The van der Waals surface area contributed by atoms with Gasteiger partial charge in [0.05, 0.1) is 11.6 Å². The molecule has 62 valence electrons. The maximum atomic E-state index is 12.9. The smallest absolute Gasteiger partial charge is 0.158 e. The van der Waals surface area contributed by atoms with Crippen LogP contribution in [0.15, 0.2) is 22.8 Å². The summed E-state index contributed by atoms with van der Waals surface area (Å²) in [4.78, 5) is 0. The van der Waals surface area contributed by atoms with Crippen molar-refractivity contribution in [1.82, 2.24) is 0 Å². The summed E-state index contributed by atoms with van der Waals surface area (Å²) >= 11 is 5.50. The molecule has 0 aliphatic carbocycles. The highest BCUT2D eigenvalue weighted by molar-refractivity contribution is 6.34. The Hall–Kier alpha value is -1.09. The standard InChI is InChI=1S/C8H3ClF2O/c9-7-6(11)3-5(10)4-1-2-12-8(4)7/h1-3H. The van der Waals surface area contributed by atoms with Crippen LogP contribution in [0.5, 0.6) is 0 Å². The Kier molecular flexibility index (Phi) is 1.54. The zero-order valence-electron chi connectivity index (χ0n) is 5.77. The molecular formula is C8H3ClF2O. The van der Waals surface area contributed by atoms with Crippen LogP contribution in [0.1, 0.15) is 0 Å². The summed E-state index contributed by atoms with van der Waals surface area (Å²) in [5.41, 5.74) is 0.0502. The number of rotatable bonds is 0. The van der Waals surface area contributed by atoms with Gasteiger partial charge in [-0.1, -0.05) is 11.6 Å². The summed E-state index contributed by atoms with van der Waals surface area (Å²) in [7, 11) is 0. The molecule has 0 N–H and O–H groups in total. The van der Waals surface area contributed by atoms with Gasteiger partial charge >= 0.3 is 0 Å². The highest BCUT2D eigenvalue weighted by Crippen LogP contribution is 2.29. The third kappa shape index (κ3) is 0.898. The fraction of sp³-hybridized carbons (Fsp3) is 0. The molecular weight excluding hydrogens is 186 g/mol. The molecule has 0 unspecified atom stereocenters. The van der Waals surface area contributed by atoms with Crippen molar-refractivity contribution in [2.45, 2.75) is 0 Å². The average Bonchev–Trinajstić information content (AvgIpc) is 2.48. The van der Waals surface area contributed by atoms with Gasteiger partial charge in [-0.25, -0.2) is 8.78 Å². The van der Waals surface area contributed by atoms with E-state index in [-0.39, 0.29) is 16.0 Å². The van der Waals surface area contributed by atoms with Crippen molar-refractivity contribution in [1.29, 1.82) is 0 Å². The van der Waals surface area contributed by atoms with Crippen molar-refractivity contribution in [3.05, 3.63) is 35.1 Å². The Morgan fingerprint density at radius 1 is 1.25 bits per heavy atom. The van der Waals surface area contributed by atoms with Gasteiger partial charge in [-0.3, -0.25) is 0 Å². The molecule has 12 heavy (non-hydrogen) atoms. The first-order valence-electron chi connectivity index (χ1n) is 3.21. The molecule has 0 bridgehead atoms. The third-order valence-electron chi connectivity index (χ3n) is 1.59. The van der Waals surface area contributed by atoms with E-state index in [4.69, 9.17) is 16.0 Å². The van der Waals surface area contributed by atoms with Crippen LogP contribution in [0.3, 0.4) is 0 Å². The Bertz CT molecular complexity index is 436. The molecule has 0 saturated heterocycles. The van der Waals surface area contributed by atoms with Crippen LogP contribution >= 0.6 is 11.6 Å². The highest BCUT2D eigenvalue weighted by atomic mass is 35.5. The summed E-state index contributed by atoms with van der Waals surface area (Å²) in [6.45, 7) is 0. The zero-order valence-corrected chi connectivity index (χ0v) is 6.53. The van der Waals surface area contributed by atoms with Crippen molar-refractivity contribution in [3.63, 3.8) is 0 Å². The minimum atomic E-state index is -0.809. The second-order valence-electron chi connectivity index (χ2n) is 2.32. The minimum Gasteiger partial charge on any atom is -0.463 e. The number of furan rings is 1. The van der Waals surface area contributed by atoms with Crippen LogP contribution in [-0.2, 0) is 0 Å². The predicted molar refractivity (Wildman–Crippen MR) is 41.1 cm³/mol. The van der Waals surface area contributed by atoms with Crippen molar-refractivity contribution in [3.8, 4) is 0 Å². The molecule has 1 nitrogen and oxygen atoms in total. The molecule has 2 aromatic rings. The molecule has 0 aliphatic rings. The first-order valence-corrected chi connectivity index (χ1v) is 3.58. The number of benzene rings is 1. The van der Waals surface area contributed by atoms with Gasteiger partial charge < -0.3 is 4.42 Å². The van der Waals surface area contributed by atoms with Crippen LogP contribution in [0, 0.1) is 11.6 Å². The van der Waals surface area contributed by atoms with Gasteiger partial charge in [0.15, 0.2) is 5.58 Å². The quantitative estimate of drug-likeness (QED) is 0.578. The lowest BCUT2D eigenvalue weighted by atomic mass is 10.2. The average molecular weight is 189 g/mol. The van der Waals surface area contributed by atoms with E-state index < -0.39 is 11.6 Å². The molecule has 0 atom stereocenters. The van der Waals surface area contributed by atoms with Gasteiger partial charge in [0.1, 0.15) is 16.7 Å². The first-order chi connectivity index (χ1) is 5.70. The molecule has 1 heterocycles. The molecule has 0 spiro atoms. The van der Waals surface area contributed by atoms with E-state index in [1.165, 1.54) is 12.3 Å². The van der Waals surface area contributed by atoms with E-state index in [1.807, 2.05) is 0 Å². The van der Waals surface area contributed by atoms with Gasteiger partial charge in [-0.15, -0.1) is 0 Å². The molecule has 0 amide bonds. The topological polar surface area (TPSA) is 13.1 Å². The van der Waals surface area contributed by atoms with Gasteiger partial charge in [-0.2, -0.15) is 0 Å². The molecule has 0 saturated carbocycles. The summed E-state index contributed by atoms with van der Waals surface area (Å²) in [6, 6.07) is 2.14. The van der Waals surface area contributed by atoms with Crippen molar-refractivity contribution < 1.29 is 13.2 Å². The maximum Gasteiger partial charge on any atom is 0.158 e. The normalized spacial score (nSPS) is 10.9. The van der Waals surface area contributed by atoms with E-state index in [2.05, 4.69) is 0 Å². The lowest BCUT2D eigenvalue weighted by molar-refractivity contribution is 0.577. The first kappa shape index (κ1) is 7.55. The van der Waals surface area contributed by atoms with E-state index in [9.17, 15) is 8.78 Å². The van der Waals surface area contributed by atoms with Crippen LogP contribution < -0.4 is 0 Å². The molecule has 2 rings (SSSR count). The Balaban J connectivity index is 2.97. The van der Waals surface area contributed by atoms with E-state index in [0.29, 0.717) is 0 Å². The lowest BCUT2D eigenvalue weighted by Crippen LogP contribution is -1.81. The predicted octanol–water partition coefficient (Wildman–Crippen LogP) is 3.36. The Labute approximate surface area is 71.5 Å². The van der Waals surface area contributed by atoms with Crippen LogP contribution in [0.25, 0.3) is 11.0 Å². The molecule has 1 aromatic carbocycles. The zero-order chi connectivity index (χ0) is 8.72. The van der Waals surface area contributed by atoms with Crippen molar-refractivity contribution in [2.24, 2.45) is 0 Å². The minimum absolute atomic E-state index is 0.0502. The largest absolute Gasteiger partial charge is 0.463 e. The van der Waals surface area contributed by atoms with Crippen molar-refractivity contribution >= 4 is 22.6 Å². The van der Waals surface area contributed by atoms with Crippen molar-refractivity contribution in [2.75, 3.05) is 0 Å². The number of halogens is 3. The SMILES string of the molecule is Fc1cc(F)c2ccoc2c1Cl. The van der Waals surface area contributed by atoms with Crippen LogP contribution in [0.4, 0.5) is 8.78 Å². The molecule has 4 heteroatoms. The lowest BCUT2D eigenvalue weighted by Gasteiger charge is -1.95. The van der Waals surface area contributed by atoms with E-state index >= 15 is 0 Å². The van der Waals surface area contributed by atoms with Gasteiger partial charge in [-0.05, 0) is 6.07 Å². The Morgan fingerprint density at radius 2 is 2.00 bits per heavy atom. The summed E-state index contributed by atoms with van der Waals surface area (Å²) in [6.07, 6.45) is 1.26. The van der Waals surface area contributed by atoms with Crippen LogP contribution in [0.2, 0.25) is 5.02 Å². The number of fused-ring (bicyclic) bond motifs is 1. The molecule has 0 radical (unpaired) electrons. The molecule has 0 fully saturated rings.